The minimum atomic E-state index is 0.606. The normalized spacial score (nSPS) is 12.8. The van der Waals surface area contributed by atoms with Gasteiger partial charge in [-0.15, -0.1) is 0 Å². The molecule has 1 unspecified atom stereocenters. The Labute approximate surface area is 103 Å². The summed E-state index contributed by atoms with van der Waals surface area (Å²) in [5.74, 6) is 0. The summed E-state index contributed by atoms with van der Waals surface area (Å²) in [6.07, 6.45) is 5.31. The third-order valence-electron chi connectivity index (χ3n) is 3.38. The van der Waals surface area contributed by atoms with Crippen molar-refractivity contribution in [3.05, 3.63) is 42.1 Å². The van der Waals surface area contributed by atoms with E-state index in [-0.39, 0.29) is 0 Å². The van der Waals surface area contributed by atoms with Crippen molar-refractivity contribution in [2.24, 2.45) is 0 Å². The molecule has 0 saturated heterocycles. The first-order valence-corrected chi connectivity index (χ1v) is 6.35. The molecule has 1 atom stereocenters. The minimum Gasteiger partial charge on any atom is -0.317 e. The number of pyridine rings is 1. The molecule has 2 heteroatoms. The quantitative estimate of drug-likeness (QED) is 0.850. The average Bonchev–Trinajstić information content (AvgIpc) is 2.40. The second-order valence-electron chi connectivity index (χ2n) is 4.42. The van der Waals surface area contributed by atoms with E-state index in [1.807, 2.05) is 19.3 Å². The predicted molar refractivity (Wildman–Crippen MR) is 73.2 cm³/mol. The molecule has 2 rings (SSSR count). The molecule has 1 N–H and O–H groups in total. The molecule has 1 aromatic carbocycles. The highest BCUT2D eigenvalue weighted by Gasteiger charge is 2.06. The van der Waals surface area contributed by atoms with Crippen LogP contribution in [0.3, 0.4) is 0 Å². The first-order chi connectivity index (χ1) is 8.35. The van der Waals surface area contributed by atoms with E-state index in [2.05, 4.69) is 41.5 Å². The number of benzene rings is 1. The maximum absolute atomic E-state index is 4.49. The van der Waals surface area contributed by atoms with Crippen molar-refractivity contribution in [1.29, 1.82) is 0 Å². The van der Waals surface area contributed by atoms with Gasteiger partial charge < -0.3 is 5.32 Å². The van der Waals surface area contributed by atoms with Crippen molar-refractivity contribution in [3.8, 4) is 0 Å². The summed E-state index contributed by atoms with van der Waals surface area (Å²) in [5.41, 5.74) is 2.51. The van der Waals surface area contributed by atoms with Gasteiger partial charge in [0, 0.05) is 17.6 Å². The number of hydrogen-bond acceptors (Lipinski definition) is 2. The molecule has 0 saturated carbocycles. The number of aryl methyl sites for hydroxylation is 1. The van der Waals surface area contributed by atoms with Crippen molar-refractivity contribution < 1.29 is 0 Å². The summed E-state index contributed by atoms with van der Waals surface area (Å²) in [6, 6.07) is 11.2. The molecule has 0 fully saturated rings. The van der Waals surface area contributed by atoms with Gasteiger partial charge in [0.25, 0.3) is 0 Å². The first-order valence-electron chi connectivity index (χ1n) is 6.35. The van der Waals surface area contributed by atoms with Gasteiger partial charge in [-0.05, 0) is 37.9 Å². The third kappa shape index (κ3) is 2.83. The Balaban J connectivity index is 2.18. The number of fused-ring (bicyclic) bond motifs is 1. The van der Waals surface area contributed by atoms with Crippen LogP contribution in [-0.2, 0) is 6.42 Å². The number of rotatable bonds is 5. The van der Waals surface area contributed by atoms with E-state index in [1.165, 1.54) is 23.8 Å². The van der Waals surface area contributed by atoms with E-state index < -0.39 is 0 Å². The molecule has 17 heavy (non-hydrogen) atoms. The zero-order valence-electron chi connectivity index (χ0n) is 10.6. The molecular formula is C15H20N2. The third-order valence-corrected chi connectivity index (χ3v) is 3.38. The summed E-state index contributed by atoms with van der Waals surface area (Å²) in [6.45, 7) is 2.22. The van der Waals surface area contributed by atoms with Gasteiger partial charge in [-0.2, -0.15) is 0 Å². The molecule has 1 aromatic heterocycles. The number of nitrogens with zero attached hydrogens (tertiary/aromatic N) is 1. The monoisotopic (exact) mass is 228 g/mol. The smallest absolute Gasteiger partial charge is 0.0733 e. The van der Waals surface area contributed by atoms with Crippen LogP contribution in [0.15, 0.2) is 36.5 Å². The van der Waals surface area contributed by atoms with Crippen molar-refractivity contribution in [1.82, 2.24) is 10.3 Å². The summed E-state index contributed by atoms with van der Waals surface area (Å²) in [7, 11) is 2.04. The van der Waals surface area contributed by atoms with E-state index in [9.17, 15) is 0 Å². The second kappa shape index (κ2) is 5.78. The van der Waals surface area contributed by atoms with Crippen LogP contribution in [0, 0.1) is 0 Å². The Morgan fingerprint density at radius 1 is 1.24 bits per heavy atom. The number of nitrogens with one attached hydrogen (secondary N) is 1. The van der Waals surface area contributed by atoms with E-state index in [1.54, 1.807) is 0 Å². The highest BCUT2D eigenvalue weighted by molar-refractivity contribution is 5.81. The van der Waals surface area contributed by atoms with Crippen molar-refractivity contribution in [3.63, 3.8) is 0 Å². The van der Waals surface area contributed by atoms with Gasteiger partial charge >= 0.3 is 0 Å². The fourth-order valence-corrected chi connectivity index (χ4v) is 2.25. The molecular weight excluding hydrogens is 208 g/mol. The van der Waals surface area contributed by atoms with E-state index in [4.69, 9.17) is 0 Å². The van der Waals surface area contributed by atoms with E-state index in [0.29, 0.717) is 6.04 Å². The first kappa shape index (κ1) is 12.1. The lowest BCUT2D eigenvalue weighted by Gasteiger charge is -2.14. The molecule has 0 aliphatic rings. The average molecular weight is 228 g/mol. The molecule has 0 radical (unpaired) electrons. The zero-order chi connectivity index (χ0) is 12.1. The van der Waals surface area contributed by atoms with Crippen molar-refractivity contribution in [2.45, 2.75) is 32.2 Å². The predicted octanol–water partition coefficient (Wildman–Crippen LogP) is 3.17. The van der Waals surface area contributed by atoms with Crippen LogP contribution in [-0.4, -0.2) is 18.1 Å². The van der Waals surface area contributed by atoms with Crippen LogP contribution >= 0.6 is 0 Å². The molecule has 0 aliphatic carbocycles. The number of aromatic nitrogens is 1. The summed E-state index contributed by atoms with van der Waals surface area (Å²) in [4.78, 5) is 4.49. The topological polar surface area (TPSA) is 24.9 Å². The second-order valence-corrected chi connectivity index (χ2v) is 4.42. The molecule has 0 amide bonds. The summed E-state index contributed by atoms with van der Waals surface area (Å²) < 4.78 is 0. The van der Waals surface area contributed by atoms with Gasteiger partial charge in [0.2, 0.25) is 0 Å². The van der Waals surface area contributed by atoms with E-state index in [0.717, 1.165) is 11.9 Å². The largest absolute Gasteiger partial charge is 0.317 e. The van der Waals surface area contributed by atoms with Crippen molar-refractivity contribution in [2.75, 3.05) is 7.05 Å². The molecule has 0 bridgehead atoms. The Hall–Kier alpha value is -1.41. The fraction of sp³-hybridized carbons (Fsp3) is 0.400. The van der Waals surface area contributed by atoms with Gasteiger partial charge in [0.1, 0.15) is 0 Å². The highest BCUT2D eigenvalue weighted by atomic mass is 14.9. The van der Waals surface area contributed by atoms with Crippen molar-refractivity contribution >= 4 is 10.9 Å². The molecule has 2 nitrogen and oxygen atoms in total. The SMILES string of the molecule is CCC(CCc1cccc2cccnc12)NC. The molecule has 2 aromatic rings. The number of para-hydroxylation sites is 1. The van der Waals surface area contributed by atoms with Crippen LogP contribution in [0.5, 0.6) is 0 Å². The fourth-order valence-electron chi connectivity index (χ4n) is 2.25. The van der Waals surface area contributed by atoms with Crippen LogP contribution in [0.4, 0.5) is 0 Å². The standard InChI is InChI=1S/C15H20N2/c1-3-14(16-2)10-9-13-7-4-6-12-8-5-11-17-15(12)13/h4-8,11,14,16H,3,9-10H2,1-2H3. The Morgan fingerprint density at radius 2 is 2.06 bits per heavy atom. The van der Waals surface area contributed by atoms with Gasteiger partial charge in [-0.3, -0.25) is 4.98 Å². The maximum Gasteiger partial charge on any atom is 0.0733 e. The summed E-state index contributed by atoms with van der Waals surface area (Å²) in [5, 5.41) is 4.59. The van der Waals surface area contributed by atoms with E-state index >= 15 is 0 Å². The molecule has 0 spiro atoms. The minimum absolute atomic E-state index is 0.606. The maximum atomic E-state index is 4.49. The van der Waals surface area contributed by atoms with Gasteiger partial charge in [-0.1, -0.05) is 31.2 Å². The van der Waals surface area contributed by atoms with Crippen LogP contribution in [0.2, 0.25) is 0 Å². The van der Waals surface area contributed by atoms with Gasteiger partial charge in [-0.25, -0.2) is 0 Å². The Kier molecular flexibility index (Phi) is 4.10. The molecule has 90 valence electrons. The lowest BCUT2D eigenvalue weighted by Crippen LogP contribution is -2.24. The van der Waals surface area contributed by atoms with Crippen LogP contribution in [0.1, 0.15) is 25.3 Å². The highest BCUT2D eigenvalue weighted by Crippen LogP contribution is 2.18. The number of hydrogen-bond donors (Lipinski definition) is 1. The Bertz CT molecular complexity index is 470. The lowest BCUT2D eigenvalue weighted by atomic mass is 10.0. The van der Waals surface area contributed by atoms with Crippen LogP contribution in [0.25, 0.3) is 10.9 Å². The van der Waals surface area contributed by atoms with Gasteiger partial charge in [0.15, 0.2) is 0 Å². The lowest BCUT2D eigenvalue weighted by molar-refractivity contribution is 0.509. The zero-order valence-corrected chi connectivity index (χ0v) is 10.6. The Morgan fingerprint density at radius 3 is 2.82 bits per heavy atom. The molecule has 1 heterocycles. The van der Waals surface area contributed by atoms with Gasteiger partial charge in [0.05, 0.1) is 5.52 Å². The summed E-state index contributed by atoms with van der Waals surface area (Å²) >= 11 is 0. The van der Waals surface area contributed by atoms with Crippen LogP contribution < -0.4 is 5.32 Å². The molecule has 0 aliphatic heterocycles.